The van der Waals surface area contributed by atoms with Crippen LogP contribution in [0.5, 0.6) is 0 Å². The second-order valence-corrected chi connectivity index (χ2v) is 6.39. The molecule has 0 aromatic carbocycles. The molecule has 138 valence electrons. The molecule has 2 N–H and O–H groups in total. The molecule has 3 atom stereocenters. The summed E-state index contributed by atoms with van der Waals surface area (Å²) in [6.45, 7) is 4.26. The lowest BCUT2D eigenvalue weighted by atomic mass is 10.00. The smallest absolute Gasteiger partial charge is 0.303 e. The van der Waals surface area contributed by atoms with Crippen molar-refractivity contribution in [2.75, 3.05) is 6.54 Å². The molecule has 1 fully saturated rings. The number of hydrogen-bond acceptors (Lipinski definition) is 3. The SMILES string of the molecule is CC#CC[C@H](C)[C@H](O)/C=C/C1CCC(=O)N1CC=CCCCC(=O)O. The number of unbranched alkanes of at least 4 members (excludes halogenated alkanes) is 1. The molecular formula is C20H29NO4. The Morgan fingerprint density at radius 3 is 2.88 bits per heavy atom. The number of carboxylic acid groups (broad SMARTS) is 1. The van der Waals surface area contributed by atoms with Crippen LogP contribution >= 0.6 is 0 Å². The van der Waals surface area contributed by atoms with Crippen LogP contribution in [0.4, 0.5) is 0 Å². The molecule has 1 saturated heterocycles. The van der Waals surface area contributed by atoms with Crippen LogP contribution in [0.2, 0.25) is 0 Å². The average Bonchev–Trinajstić information content (AvgIpc) is 2.93. The van der Waals surface area contributed by atoms with Crippen LogP contribution in [0.25, 0.3) is 0 Å². The Labute approximate surface area is 150 Å². The Hall–Kier alpha value is -2.06. The van der Waals surface area contributed by atoms with E-state index in [2.05, 4.69) is 11.8 Å². The van der Waals surface area contributed by atoms with Gasteiger partial charge in [-0.1, -0.05) is 31.2 Å². The van der Waals surface area contributed by atoms with Gasteiger partial charge in [0.05, 0.1) is 12.1 Å². The molecule has 1 rings (SSSR count). The maximum Gasteiger partial charge on any atom is 0.303 e. The van der Waals surface area contributed by atoms with Crippen LogP contribution in [0.1, 0.15) is 52.4 Å². The number of likely N-dealkylation sites (tertiary alicyclic amines) is 1. The summed E-state index contributed by atoms with van der Waals surface area (Å²) >= 11 is 0. The largest absolute Gasteiger partial charge is 0.481 e. The van der Waals surface area contributed by atoms with Crippen molar-refractivity contribution in [2.45, 2.75) is 64.5 Å². The van der Waals surface area contributed by atoms with Gasteiger partial charge in [0.15, 0.2) is 0 Å². The summed E-state index contributed by atoms with van der Waals surface area (Å²) in [5.41, 5.74) is 0. The lowest BCUT2D eigenvalue weighted by molar-refractivity contribution is -0.137. The lowest BCUT2D eigenvalue weighted by Gasteiger charge is -2.21. The van der Waals surface area contributed by atoms with Gasteiger partial charge >= 0.3 is 5.97 Å². The first-order valence-electron chi connectivity index (χ1n) is 8.88. The van der Waals surface area contributed by atoms with Crippen molar-refractivity contribution in [3.05, 3.63) is 24.3 Å². The zero-order chi connectivity index (χ0) is 18.7. The van der Waals surface area contributed by atoms with Crippen LogP contribution in [-0.2, 0) is 9.59 Å². The van der Waals surface area contributed by atoms with Crippen LogP contribution in [-0.4, -0.2) is 45.7 Å². The van der Waals surface area contributed by atoms with Gasteiger partial charge in [-0.25, -0.2) is 0 Å². The highest BCUT2D eigenvalue weighted by atomic mass is 16.4. The topological polar surface area (TPSA) is 77.8 Å². The van der Waals surface area contributed by atoms with E-state index < -0.39 is 12.1 Å². The van der Waals surface area contributed by atoms with Gasteiger partial charge in [0, 0.05) is 25.8 Å². The van der Waals surface area contributed by atoms with Crippen molar-refractivity contribution in [1.29, 1.82) is 0 Å². The number of aliphatic hydroxyl groups is 1. The Morgan fingerprint density at radius 2 is 2.20 bits per heavy atom. The fourth-order valence-corrected chi connectivity index (χ4v) is 2.69. The van der Waals surface area contributed by atoms with Crippen molar-refractivity contribution >= 4 is 11.9 Å². The summed E-state index contributed by atoms with van der Waals surface area (Å²) in [7, 11) is 0. The Morgan fingerprint density at radius 1 is 1.44 bits per heavy atom. The van der Waals surface area contributed by atoms with Gasteiger partial charge in [-0.05, 0) is 32.1 Å². The minimum atomic E-state index is -0.786. The standard InChI is InChI=1S/C20H29NO4/c1-3-4-9-16(2)18(22)13-11-17-12-14-19(23)21(17)15-8-6-5-7-10-20(24)25/h6,8,11,13,16-18,22H,5,7,9-10,12,14-15H2,1-2H3,(H,24,25)/b8-6?,13-11+/t16-,17?,18+/m0/s1. The van der Waals surface area contributed by atoms with Crippen molar-refractivity contribution in [1.82, 2.24) is 4.90 Å². The van der Waals surface area contributed by atoms with Crippen LogP contribution < -0.4 is 0 Å². The van der Waals surface area contributed by atoms with E-state index in [1.165, 1.54) is 0 Å². The zero-order valence-electron chi connectivity index (χ0n) is 15.1. The average molecular weight is 347 g/mol. The minimum absolute atomic E-state index is 0.00952. The highest BCUT2D eigenvalue weighted by Crippen LogP contribution is 2.20. The van der Waals surface area contributed by atoms with E-state index in [0.29, 0.717) is 32.2 Å². The second kappa shape index (κ2) is 11.5. The molecule has 5 nitrogen and oxygen atoms in total. The highest BCUT2D eigenvalue weighted by Gasteiger charge is 2.28. The molecule has 1 aliphatic heterocycles. The molecule has 25 heavy (non-hydrogen) atoms. The van der Waals surface area contributed by atoms with Crippen LogP contribution in [0.3, 0.4) is 0 Å². The Kier molecular flexibility index (Phi) is 9.64. The summed E-state index contributed by atoms with van der Waals surface area (Å²) in [5, 5.41) is 18.7. The third-order valence-electron chi connectivity index (χ3n) is 4.32. The number of carbonyl (C=O) groups excluding carboxylic acids is 1. The number of aliphatic hydroxyl groups excluding tert-OH is 1. The molecule has 1 aliphatic rings. The maximum absolute atomic E-state index is 12.0. The fraction of sp³-hybridized carbons (Fsp3) is 0.600. The number of amides is 1. The third kappa shape index (κ3) is 8.04. The molecule has 0 saturated carbocycles. The molecule has 0 aromatic rings. The molecule has 0 aliphatic carbocycles. The molecular weight excluding hydrogens is 318 g/mol. The van der Waals surface area contributed by atoms with Gasteiger partial charge in [-0.2, -0.15) is 0 Å². The highest BCUT2D eigenvalue weighted by molar-refractivity contribution is 5.79. The molecule has 0 bridgehead atoms. The fourth-order valence-electron chi connectivity index (χ4n) is 2.69. The first kappa shape index (κ1) is 21.0. The minimum Gasteiger partial charge on any atom is -0.481 e. The number of carboxylic acids is 1. The summed E-state index contributed by atoms with van der Waals surface area (Å²) in [4.78, 5) is 24.3. The van der Waals surface area contributed by atoms with Crippen molar-refractivity contribution in [3.63, 3.8) is 0 Å². The second-order valence-electron chi connectivity index (χ2n) is 6.39. The summed E-state index contributed by atoms with van der Waals surface area (Å²) in [6.07, 6.45) is 10.4. The Balaban J connectivity index is 2.48. The number of nitrogens with zero attached hydrogens (tertiary/aromatic N) is 1. The predicted molar refractivity (Wildman–Crippen MR) is 97.7 cm³/mol. The van der Waals surface area contributed by atoms with E-state index in [1.807, 2.05) is 25.2 Å². The molecule has 0 radical (unpaired) electrons. The van der Waals surface area contributed by atoms with Gasteiger partial charge < -0.3 is 15.1 Å². The van der Waals surface area contributed by atoms with E-state index in [-0.39, 0.29) is 24.3 Å². The molecule has 1 unspecified atom stereocenters. The first-order chi connectivity index (χ1) is 12.0. The molecule has 0 aromatic heterocycles. The predicted octanol–water partition coefficient (Wildman–Crippen LogP) is 2.76. The van der Waals surface area contributed by atoms with Gasteiger partial charge in [-0.15, -0.1) is 11.8 Å². The molecule has 1 amide bonds. The van der Waals surface area contributed by atoms with E-state index >= 15 is 0 Å². The lowest BCUT2D eigenvalue weighted by Crippen LogP contribution is -2.32. The van der Waals surface area contributed by atoms with Crippen LogP contribution in [0, 0.1) is 17.8 Å². The monoisotopic (exact) mass is 347 g/mol. The number of rotatable bonds is 10. The van der Waals surface area contributed by atoms with E-state index in [9.17, 15) is 14.7 Å². The summed E-state index contributed by atoms with van der Waals surface area (Å²) < 4.78 is 0. The van der Waals surface area contributed by atoms with Gasteiger partial charge in [0.25, 0.3) is 0 Å². The zero-order valence-corrected chi connectivity index (χ0v) is 15.1. The molecule has 0 spiro atoms. The number of carbonyl (C=O) groups is 2. The Bertz CT molecular complexity index is 556. The number of allylic oxidation sites excluding steroid dienone is 1. The van der Waals surface area contributed by atoms with Gasteiger partial charge in [-0.3, -0.25) is 9.59 Å². The van der Waals surface area contributed by atoms with E-state index in [0.717, 1.165) is 6.42 Å². The van der Waals surface area contributed by atoms with Gasteiger partial charge in [0.2, 0.25) is 5.91 Å². The number of aliphatic carboxylic acids is 1. The van der Waals surface area contributed by atoms with Crippen molar-refractivity contribution in [3.8, 4) is 11.8 Å². The van der Waals surface area contributed by atoms with Crippen molar-refractivity contribution < 1.29 is 19.8 Å². The van der Waals surface area contributed by atoms with Crippen LogP contribution in [0.15, 0.2) is 24.3 Å². The maximum atomic E-state index is 12.0. The molecule has 5 heteroatoms. The van der Waals surface area contributed by atoms with E-state index in [4.69, 9.17) is 5.11 Å². The van der Waals surface area contributed by atoms with E-state index in [1.54, 1.807) is 17.9 Å². The van der Waals surface area contributed by atoms with Crippen molar-refractivity contribution in [2.24, 2.45) is 5.92 Å². The van der Waals surface area contributed by atoms with Gasteiger partial charge in [0.1, 0.15) is 0 Å². The summed E-state index contributed by atoms with van der Waals surface area (Å²) in [5.74, 6) is 5.19. The summed E-state index contributed by atoms with van der Waals surface area (Å²) in [6, 6.07) is 0.00952. The molecule has 1 heterocycles. The third-order valence-corrected chi connectivity index (χ3v) is 4.32. The first-order valence-corrected chi connectivity index (χ1v) is 8.88. The number of hydrogen-bond donors (Lipinski definition) is 2. The quantitative estimate of drug-likeness (QED) is 0.362. The normalized spacial score (nSPS) is 20.0.